The van der Waals surface area contributed by atoms with E-state index in [-0.39, 0.29) is 74.9 Å². The van der Waals surface area contributed by atoms with Gasteiger partial charge in [0.1, 0.15) is 48.0 Å². The van der Waals surface area contributed by atoms with Crippen LogP contribution >= 0.6 is 0 Å². The molecule has 3 N–H and O–H groups in total. The number of benzene rings is 2. The van der Waals surface area contributed by atoms with Crippen molar-refractivity contribution in [2.24, 2.45) is 0 Å². The molecular weight excluding hydrogens is 660 g/mol. The number of methoxy groups -OCH3 is 2. The Labute approximate surface area is 289 Å². The summed E-state index contributed by atoms with van der Waals surface area (Å²) in [6.07, 6.45) is -2.01. The summed E-state index contributed by atoms with van der Waals surface area (Å²) in [5.74, 6) is -5.32. The molecule has 0 saturated heterocycles. The smallest absolute Gasteiger partial charge is 0.417 e. The summed E-state index contributed by atoms with van der Waals surface area (Å²) in [4.78, 5) is 73.4. The van der Waals surface area contributed by atoms with E-state index in [1.54, 1.807) is 38.1 Å². The molecule has 0 saturated carbocycles. The molecule has 0 aliphatic carbocycles. The van der Waals surface area contributed by atoms with Gasteiger partial charge in [0.2, 0.25) is 0 Å². The first-order chi connectivity index (χ1) is 24.0. The van der Waals surface area contributed by atoms with E-state index in [9.17, 15) is 33.9 Å². The average molecular weight is 705 g/mol. The maximum absolute atomic E-state index is 13.0. The van der Waals surface area contributed by atoms with E-state index < -0.39 is 54.1 Å². The van der Waals surface area contributed by atoms with Crippen LogP contribution in [0.25, 0.3) is 0 Å². The van der Waals surface area contributed by atoms with E-state index >= 15 is 0 Å². The molecule has 0 aliphatic rings. The first kappa shape index (κ1) is 41.0. The number of carboxylic acids is 1. The normalized spacial score (nSPS) is 12.4. The number of esters is 5. The minimum absolute atomic E-state index is 0.0248. The van der Waals surface area contributed by atoms with Crippen molar-refractivity contribution in [1.29, 1.82) is 0 Å². The molecule has 50 heavy (non-hydrogen) atoms. The quantitative estimate of drug-likeness (QED) is 0.0692. The third-order valence-corrected chi connectivity index (χ3v) is 6.88. The average Bonchev–Trinajstić information content (AvgIpc) is 3.11. The Kier molecular flexibility index (Phi) is 18.4. The molecule has 274 valence electrons. The second-order valence-corrected chi connectivity index (χ2v) is 10.5. The van der Waals surface area contributed by atoms with Crippen LogP contribution in [0, 0.1) is 0 Å². The van der Waals surface area contributed by atoms with Crippen molar-refractivity contribution in [1.82, 2.24) is 10.6 Å². The number of hydrogen-bond acceptors (Lipinski definition) is 15. The molecule has 0 fully saturated rings. The minimum Gasteiger partial charge on any atom is -0.489 e. The van der Waals surface area contributed by atoms with Gasteiger partial charge in [-0.15, -0.1) is 0 Å². The van der Waals surface area contributed by atoms with Crippen LogP contribution in [0.15, 0.2) is 48.5 Å². The topological polar surface area (TPSA) is 211 Å². The first-order valence-corrected chi connectivity index (χ1v) is 15.9. The Morgan fingerprint density at radius 1 is 0.740 bits per heavy atom. The Morgan fingerprint density at radius 2 is 1.24 bits per heavy atom. The zero-order chi connectivity index (χ0) is 36.9. The molecule has 0 amide bonds. The number of para-hydroxylation sites is 2. The molecule has 0 aromatic heterocycles. The molecular formula is C34H44N2O14. The highest BCUT2D eigenvalue weighted by atomic mass is 16.6. The SMILES string of the molecule is CCOC(=O)CCNCC(COc1ccccc1C(=O)OC)OC(=O)C(=O)OC(CNC(CC)CC(=O)O)COc1ccccc1C(=O)OC. The fourth-order valence-electron chi connectivity index (χ4n) is 4.33. The fraction of sp³-hybridized carbons (Fsp3) is 0.471. The zero-order valence-corrected chi connectivity index (χ0v) is 28.5. The molecule has 0 radical (unpaired) electrons. The summed E-state index contributed by atoms with van der Waals surface area (Å²) in [6, 6.07) is 11.9. The molecule has 0 aliphatic heterocycles. The fourth-order valence-corrected chi connectivity index (χ4v) is 4.33. The van der Waals surface area contributed by atoms with Gasteiger partial charge in [0, 0.05) is 25.7 Å². The van der Waals surface area contributed by atoms with Gasteiger partial charge in [0.05, 0.1) is 33.7 Å². The molecule has 3 unspecified atom stereocenters. The minimum atomic E-state index is -1.39. The predicted octanol–water partition coefficient (Wildman–Crippen LogP) is 1.93. The standard InChI is InChI=1S/C34H44N2O14/c1-5-22(17-29(37)38)36-19-24(21-48-28-14-10-8-12-26(28)32(41)45-4)50-34(43)33(42)49-23(18-35-16-15-30(39)46-6-2)20-47-27-13-9-7-11-25(27)31(40)44-3/h7-14,22-24,35-36H,5-6,15-21H2,1-4H3,(H,37,38). The van der Waals surface area contributed by atoms with Crippen molar-refractivity contribution in [2.75, 3.05) is 53.7 Å². The van der Waals surface area contributed by atoms with Crippen molar-refractivity contribution in [3.8, 4) is 11.5 Å². The van der Waals surface area contributed by atoms with E-state index in [0.29, 0.717) is 6.42 Å². The number of nitrogens with one attached hydrogen (secondary N) is 2. The van der Waals surface area contributed by atoms with Crippen molar-refractivity contribution in [2.45, 2.75) is 51.4 Å². The third-order valence-electron chi connectivity index (χ3n) is 6.88. The lowest BCUT2D eigenvalue weighted by Gasteiger charge is -2.23. The molecule has 0 spiro atoms. The number of carboxylic acid groups (broad SMARTS) is 1. The van der Waals surface area contributed by atoms with Crippen LogP contribution in [0.5, 0.6) is 11.5 Å². The lowest BCUT2D eigenvalue weighted by atomic mass is 10.1. The van der Waals surface area contributed by atoms with Crippen LogP contribution in [-0.2, 0) is 42.9 Å². The third kappa shape index (κ3) is 14.5. The van der Waals surface area contributed by atoms with Crippen LogP contribution in [0.4, 0.5) is 0 Å². The van der Waals surface area contributed by atoms with Gasteiger partial charge in [0.15, 0.2) is 0 Å². The monoisotopic (exact) mass is 704 g/mol. The number of carbonyl (C=O) groups is 6. The van der Waals surface area contributed by atoms with Crippen molar-refractivity contribution < 1.29 is 67.0 Å². The summed E-state index contributed by atoms with van der Waals surface area (Å²) >= 11 is 0. The van der Waals surface area contributed by atoms with Crippen LogP contribution in [-0.4, -0.2) is 113 Å². The van der Waals surface area contributed by atoms with E-state index in [4.69, 9.17) is 33.2 Å². The van der Waals surface area contributed by atoms with Gasteiger partial charge >= 0.3 is 35.8 Å². The molecule has 3 atom stereocenters. The van der Waals surface area contributed by atoms with Crippen molar-refractivity contribution >= 4 is 35.8 Å². The van der Waals surface area contributed by atoms with Gasteiger partial charge in [-0.05, 0) is 37.6 Å². The summed E-state index contributed by atoms with van der Waals surface area (Å²) in [6.45, 7) is 2.99. The highest BCUT2D eigenvalue weighted by molar-refractivity contribution is 6.29. The van der Waals surface area contributed by atoms with Gasteiger partial charge in [0.25, 0.3) is 0 Å². The Balaban J connectivity index is 2.19. The zero-order valence-electron chi connectivity index (χ0n) is 28.5. The molecule has 2 aromatic rings. The molecule has 2 aromatic carbocycles. The largest absolute Gasteiger partial charge is 0.489 e. The highest BCUT2D eigenvalue weighted by Gasteiger charge is 2.28. The van der Waals surface area contributed by atoms with Gasteiger partial charge in [-0.3, -0.25) is 9.59 Å². The van der Waals surface area contributed by atoms with Gasteiger partial charge in [-0.25, -0.2) is 19.2 Å². The molecule has 0 heterocycles. The number of ether oxygens (including phenoxy) is 7. The van der Waals surface area contributed by atoms with E-state index in [1.165, 1.54) is 38.5 Å². The second-order valence-electron chi connectivity index (χ2n) is 10.5. The first-order valence-electron chi connectivity index (χ1n) is 15.9. The summed E-state index contributed by atoms with van der Waals surface area (Å²) in [5.41, 5.74) is 0.226. The molecule has 0 bridgehead atoms. The number of carbonyl (C=O) groups excluding carboxylic acids is 5. The molecule has 16 nitrogen and oxygen atoms in total. The van der Waals surface area contributed by atoms with E-state index in [2.05, 4.69) is 10.6 Å². The van der Waals surface area contributed by atoms with Crippen LogP contribution in [0.2, 0.25) is 0 Å². The lowest BCUT2D eigenvalue weighted by molar-refractivity contribution is -0.175. The predicted molar refractivity (Wildman–Crippen MR) is 175 cm³/mol. The van der Waals surface area contributed by atoms with Crippen LogP contribution in [0.1, 0.15) is 53.8 Å². The number of aliphatic carboxylic acids is 1. The van der Waals surface area contributed by atoms with Gasteiger partial charge in [-0.1, -0.05) is 31.2 Å². The maximum atomic E-state index is 13.0. The summed E-state index contributed by atoms with van der Waals surface area (Å²) < 4.78 is 36.8. The van der Waals surface area contributed by atoms with Crippen LogP contribution < -0.4 is 20.1 Å². The van der Waals surface area contributed by atoms with Gasteiger partial charge in [-0.2, -0.15) is 0 Å². The van der Waals surface area contributed by atoms with E-state index in [1.807, 2.05) is 0 Å². The number of rotatable bonds is 22. The highest BCUT2D eigenvalue weighted by Crippen LogP contribution is 2.20. The van der Waals surface area contributed by atoms with Crippen LogP contribution in [0.3, 0.4) is 0 Å². The lowest BCUT2D eigenvalue weighted by Crippen LogP contribution is -2.43. The van der Waals surface area contributed by atoms with Crippen molar-refractivity contribution in [3.05, 3.63) is 59.7 Å². The van der Waals surface area contributed by atoms with E-state index in [0.717, 1.165) is 0 Å². The Hall–Kier alpha value is -5.22. The summed E-state index contributed by atoms with van der Waals surface area (Å²) in [7, 11) is 2.42. The molecule has 16 heteroatoms. The maximum Gasteiger partial charge on any atom is 0.417 e. The van der Waals surface area contributed by atoms with Gasteiger partial charge < -0.3 is 48.9 Å². The number of hydrogen-bond donors (Lipinski definition) is 3. The van der Waals surface area contributed by atoms with Crippen molar-refractivity contribution in [3.63, 3.8) is 0 Å². The Morgan fingerprint density at radius 3 is 1.70 bits per heavy atom. The Bertz CT molecular complexity index is 1430. The summed E-state index contributed by atoms with van der Waals surface area (Å²) in [5, 5.41) is 15.2. The molecule has 2 rings (SSSR count). The second kappa shape index (κ2) is 22.4.